The van der Waals surface area contributed by atoms with Crippen LogP contribution in [0.15, 0.2) is 24.3 Å². The Morgan fingerprint density at radius 3 is 2.48 bits per heavy atom. The summed E-state index contributed by atoms with van der Waals surface area (Å²) in [6, 6.07) is 7.82. The number of hydrogen-bond donors (Lipinski definition) is 4. The van der Waals surface area contributed by atoms with Gasteiger partial charge >= 0.3 is 5.97 Å². The van der Waals surface area contributed by atoms with E-state index in [0.29, 0.717) is 18.9 Å². The number of carbonyl (C=O) groups excluding carboxylic acids is 1. The van der Waals surface area contributed by atoms with Crippen molar-refractivity contribution in [1.82, 2.24) is 5.32 Å². The van der Waals surface area contributed by atoms with E-state index in [1.54, 1.807) is 0 Å². The third-order valence-electron chi connectivity index (χ3n) is 5.61. The standard InChI is InChI=1S/C20H27N3O4/c21-19(22)14-3-1-12(2-4-14)13-5-7-17(8-6-13)27-11-16-9-15(10-18(24)25)20(26)23-16/h1-4,13,15-17H,5-11H2,(H3,21,22)(H,23,26)(H,24,25)/t13-,15-,16-,17-/m0/s1. The van der Waals surface area contributed by atoms with Crippen molar-refractivity contribution >= 4 is 17.7 Å². The lowest BCUT2D eigenvalue weighted by Gasteiger charge is -2.29. The smallest absolute Gasteiger partial charge is 0.304 e. The molecule has 1 aliphatic heterocycles. The molecule has 0 bridgehead atoms. The maximum absolute atomic E-state index is 11.8. The minimum absolute atomic E-state index is 0.0845. The van der Waals surface area contributed by atoms with Crippen molar-refractivity contribution in [3.8, 4) is 0 Å². The molecule has 2 fully saturated rings. The molecule has 2 atom stereocenters. The fourth-order valence-corrected chi connectivity index (χ4v) is 4.07. The molecule has 146 valence electrons. The Morgan fingerprint density at radius 2 is 1.89 bits per heavy atom. The van der Waals surface area contributed by atoms with E-state index in [1.165, 1.54) is 5.56 Å². The molecule has 1 amide bonds. The van der Waals surface area contributed by atoms with Gasteiger partial charge in [0.15, 0.2) is 0 Å². The van der Waals surface area contributed by atoms with Gasteiger partial charge in [0, 0.05) is 5.56 Å². The van der Waals surface area contributed by atoms with Crippen molar-refractivity contribution in [1.29, 1.82) is 5.41 Å². The van der Waals surface area contributed by atoms with Gasteiger partial charge in [0.2, 0.25) is 5.91 Å². The van der Waals surface area contributed by atoms with Crippen LogP contribution in [-0.2, 0) is 14.3 Å². The monoisotopic (exact) mass is 373 g/mol. The van der Waals surface area contributed by atoms with Crippen LogP contribution in [0.5, 0.6) is 0 Å². The summed E-state index contributed by atoms with van der Waals surface area (Å²) >= 11 is 0. The van der Waals surface area contributed by atoms with Crippen LogP contribution in [0.2, 0.25) is 0 Å². The SMILES string of the molecule is N=C(N)c1ccc([C@H]2CC[C@H](OC[C@@H]3C[C@@H](CC(=O)O)C(=O)N3)CC2)cc1. The van der Waals surface area contributed by atoms with E-state index in [2.05, 4.69) is 17.4 Å². The number of aliphatic carboxylic acids is 1. The van der Waals surface area contributed by atoms with Crippen molar-refractivity contribution < 1.29 is 19.4 Å². The normalized spacial score (nSPS) is 27.9. The molecule has 1 aromatic carbocycles. The van der Waals surface area contributed by atoms with Crippen LogP contribution in [-0.4, -0.2) is 41.6 Å². The Bertz CT molecular complexity index is 696. The number of hydrogen-bond acceptors (Lipinski definition) is 4. The molecular weight excluding hydrogens is 346 g/mol. The quantitative estimate of drug-likeness (QED) is 0.430. The van der Waals surface area contributed by atoms with Gasteiger partial charge in [-0.25, -0.2) is 0 Å². The average Bonchev–Trinajstić information content (AvgIpc) is 2.99. The molecule has 7 heteroatoms. The molecule has 1 heterocycles. The molecule has 1 saturated heterocycles. The first-order valence-electron chi connectivity index (χ1n) is 9.50. The molecule has 0 aromatic heterocycles. The zero-order valence-electron chi connectivity index (χ0n) is 15.3. The summed E-state index contributed by atoms with van der Waals surface area (Å²) in [6.45, 7) is 0.449. The second-order valence-electron chi connectivity index (χ2n) is 7.58. The third-order valence-corrected chi connectivity index (χ3v) is 5.61. The van der Waals surface area contributed by atoms with E-state index < -0.39 is 11.9 Å². The van der Waals surface area contributed by atoms with Crippen molar-refractivity contribution in [2.75, 3.05) is 6.61 Å². The molecule has 3 rings (SSSR count). The van der Waals surface area contributed by atoms with E-state index >= 15 is 0 Å². The molecule has 5 N–H and O–H groups in total. The van der Waals surface area contributed by atoms with E-state index in [-0.39, 0.29) is 30.3 Å². The van der Waals surface area contributed by atoms with Gasteiger partial charge in [-0.1, -0.05) is 24.3 Å². The van der Waals surface area contributed by atoms with Gasteiger partial charge in [0.1, 0.15) is 5.84 Å². The van der Waals surface area contributed by atoms with Crippen molar-refractivity contribution in [2.24, 2.45) is 11.7 Å². The summed E-state index contributed by atoms with van der Waals surface area (Å²) in [5.41, 5.74) is 7.52. The number of rotatable bonds is 7. The van der Waals surface area contributed by atoms with Crippen LogP contribution in [0.1, 0.15) is 55.6 Å². The summed E-state index contributed by atoms with van der Waals surface area (Å²) in [7, 11) is 0. The fourth-order valence-electron chi connectivity index (χ4n) is 4.07. The van der Waals surface area contributed by atoms with Crippen LogP contribution in [0.3, 0.4) is 0 Å². The Hall–Kier alpha value is -2.41. The number of carboxylic acids is 1. The summed E-state index contributed by atoms with van der Waals surface area (Å²) in [6.07, 6.45) is 4.63. The van der Waals surface area contributed by atoms with Crippen LogP contribution < -0.4 is 11.1 Å². The van der Waals surface area contributed by atoms with E-state index in [4.69, 9.17) is 21.0 Å². The van der Waals surface area contributed by atoms with Gasteiger partial charge in [-0.2, -0.15) is 0 Å². The number of ether oxygens (including phenoxy) is 1. The molecule has 1 aromatic rings. The first kappa shape index (κ1) is 19.4. The largest absolute Gasteiger partial charge is 0.481 e. The van der Waals surface area contributed by atoms with E-state index in [9.17, 15) is 9.59 Å². The molecule has 0 radical (unpaired) electrons. The van der Waals surface area contributed by atoms with Crippen molar-refractivity contribution in [3.05, 3.63) is 35.4 Å². The van der Waals surface area contributed by atoms with Crippen molar-refractivity contribution in [3.63, 3.8) is 0 Å². The van der Waals surface area contributed by atoms with E-state index in [0.717, 1.165) is 31.2 Å². The number of nitrogens with one attached hydrogen (secondary N) is 2. The summed E-state index contributed by atoms with van der Waals surface area (Å²) in [5.74, 6) is -0.972. The zero-order chi connectivity index (χ0) is 19.4. The van der Waals surface area contributed by atoms with Crippen LogP contribution in [0.4, 0.5) is 0 Å². The second kappa shape index (κ2) is 8.52. The highest BCUT2D eigenvalue weighted by Crippen LogP contribution is 2.34. The summed E-state index contributed by atoms with van der Waals surface area (Å²) in [4.78, 5) is 22.6. The Morgan fingerprint density at radius 1 is 1.22 bits per heavy atom. The number of benzene rings is 1. The summed E-state index contributed by atoms with van der Waals surface area (Å²) < 4.78 is 6.00. The van der Waals surface area contributed by atoms with Gasteiger partial charge in [0.05, 0.1) is 31.1 Å². The van der Waals surface area contributed by atoms with Gasteiger partial charge in [-0.05, 0) is 43.6 Å². The van der Waals surface area contributed by atoms with E-state index in [1.807, 2.05) is 12.1 Å². The van der Waals surface area contributed by atoms with Gasteiger partial charge in [0.25, 0.3) is 0 Å². The molecule has 27 heavy (non-hydrogen) atoms. The predicted molar refractivity (Wildman–Crippen MR) is 101 cm³/mol. The summed E-state index contributed by atoms with van der Waals surface area (Å²) in [5, 5.41) is 19.1. The molecule has 7 nitrogen and oxygen atoms in total. The number of amides is 1. The maximum Gasteiger partial charge on any atom is 0.304 e. The van der Waals surface area contributed by atoms with Crippen LogP contribution >= 0.6 is 0 Å². The highest BCUT2D eigenvalue weighted by Gasteiger charge is 2.34. The molecule has 2 aliphatic rings. The molecule has 1 saturated carbocycles. The Balaban J connectivity index is 1.41. The Kier molecular flexibility index (Phi) is 6.11. The number of carbonyl (C=O) groups is 2. The number of nitrogens with two attached hydrogens (primary N) is 1. The number of amidine groups is 1. The lowest BCUT2D eigenvalue weighted by molar-refractivity contribution is -0.140. The first-order valence-corrected chi connectivity index (χ1v) is 9.50. The molecular formula is C20H27N3O4. The minimum atomic E-state index is -0.939. The lowest BCUT2D eigenvalue weighted by atomic mass is 9.82. The second-order valence-corrected chi connectivity index (χ2v) is 7.58. The zero-order valence-corrected chi connectivity index (χ0v) is 15.3. The number of nitrogen functional groups attached to an aromatic ring is 1. The van der Waals surface area contributed by atoms with Gasteiger partial charge in [-0.15, -0.1) is 0 Å². The third kappa shape index (κ3) is 5.07. The molecule has 0 spiro atoms. The van der Waals surface area contributed by atoms with Gasteiger partial charge < -0.3 is 20.9 Å². The predicted octanol–water partition coefficient (Wildman–Crippen LogP) is 1.99. The van der Waals surface area contributed by atoms with Crippen LogP contribution in [0, 0.1) is 11.3 Å². The minimum Gasteiger partial charge on any atom is -0.481 e. The highest BCUT2D eigenvalue weighted by molar-refractivity contribution is 5.94. The first-order chi connectivity index (χ1) is 12.9. The molecule has 1 aliphatic carbocycles. The van der Waals surface area contributed by atoms with Gasteiger partial charge in [-0.3, -0.25) is 15.0 Å². The Labute approximate surface area is 158 Å². The van der Waals surface area contributed by atoms with Crippen LogP contribution in [0.25, 0.3) is 0 Å². The number of carboxylic acid groups (broad SMARTS) is 1. The fraction of sp³-hybridized carbons (Fsp3) is 0.550. The average molecular weight is 373 g/mol. The van der Waals surface area contributed by atoms with Crippen molar-refractivity contribution in [2.45, 2.75) is 56.6 Å². The topological polar surface area (TPSA) is 126 Å². The highest BCUT2D eigenvalue weighted by atomic mass is 16.5. The maximum atomic E-state index is 11.8. The molecule has 0 unspecified atom stereocenters. The lowest BCUT2D eigenvalue weighted by Crippen LogP contribution is -2.33.